The van der Waals surface area contributed by atoms with Crippen LogP contribution in [0.5, 0.6) is 17.2 Å². The molecule has 1 aliphatic heterocycles. The highest BCUT2D eigenvalue weighted by Crippen LogP contribution is 2.37. The third-order valence-corrected chi connectivity index (χ3v) is 10.8. The molecule has 2 aliphatic rings. The van der Waals surface area contributed by atoms with Gasteiger partial charge >= 0.3 is 12.6 Å². The van der Waals surface area contributed by atoms with Crippen molar-refractivity contribution in [1.29, 1.82) is 0 Å². The molecule has 2 heterocycles. The predicted octanol–water partition coefficient (Wildman–Crippen LogP) is 5.63. The molecule has 3 aromatic rings. The topological polar surface area (TPSA) is 134 Å². The van der Waals surface area contributed by atoms with E-state index in [1.807, 2.05) is 0 Å². The number of esters is 1. The summed E-state index contributed by atoms with van der Waals surface area (Å²) in [6, 6.07) is 10.4. The minimum atomic E-state index is -3.77. The monoisotopic (exact) mass is 783 g/mol. The second kappa shape index (κ2) is 18.4. The lowest BCUT2D eigenvalue weighted by Crippen LogP contribution is -2.43. The zero-order chi connectivity index (χ0) is 37.3. The standard InChI is InChI=1S/C35H40ClF2N3O9S2/c1-46-29-7-6-26(17-28(29)41(52(2,44)45)12-11-40-13-15-47-16-14-40)34(43)51-22-33(42)49-31(18-24-9-10-39-20-27(24)36)25-5-8-30(50-35(37)38)32(19-25)48-21-23-3-4-23/h5-10,17,19-20,23,31,35H,3-4,11-16,18,21-22H2,1-2H3/t31-/m0/s1. The van der Waals surface area contributed by atoms with Gasteiger partial charge in [0.2, 0.25) is 15.1 Å². The van der Waals surface area contributed by atoms with Crippen molar-refractivity contribution >= 4 is 50.2 Å². The van der Waals surface area contributed by atoms with Crippen LogP contribution in [0.25, 0.3) is 0 Å². The molecule has 0 spiro atoms. The molecule has 282 valence electrons. The number of rotatable bonds is 18. The van der Waals surface area contributed by atoms with Gasteiger partial charge in [-0.25, -0.2) is 8.42 Å². The van der Waals surface area contributed by atoms with Crippen LogP contribution in [0, 0.1) is 5.92 Å². The van der Waals surface area contributed by atoms with E-state index in [1.54, 1.807) is 6.07 Å². The van der Waals surface area contributed by atoms with Crippen LogP contribution in [0.4, 0.5) is 14.5 Å². The average Bonchev–Trinajstić information content (AvgIpc) is 3.95. The molecule has 5 rings (SSSR count). The Morgan fingerprint density at radius 3 is 2.52 bits per heavy atom. The molecule has 1 saturated carbocycles. The molecule has 2 aromatic carbocycles. The van der Waals surface area contributed by atoms with Gasteiger partial charge < -0.3 is 23.7 Å². The molecule has 2 fully saturated rings. The quantitative estimate of drug-likeness (QED) is 0.148. The molecule has 1 saturated heterocycles. The van der Waals surface area contributed by atoms with Crippen LogP contribution in [0.3, 0.4) is 0 Å². The fourth-order valence-electron chi connectivity index (χ4n) is 5.45. The van der Waals surface area contributed by atoms with E-state index in [1.165, 1.54) is 60.2 Å². The second-order valence-electron chi connectivity index (χ2n) is 12.2. The van der Waals surface area contributed by atoms with Crippen molar-refractivity contribution in [2.75, 3.05) is 69.4 Å². The number of thioether (sulfide) groups is 1. The highest BCUT2D eigenvalue weighted by atomic mass is 35.5. The first-order chi connectivity index (χ1) is 24.9. The van der Waals surface area contributed by atoms with Crippen LogP contribution in [0.15, 0.2) is 54.9 Å². The molecule has 0 bridgehead atoms. The Morgan fingerprint density at radius 2 is 1.85 bits per heavy atom. The van der Waals surface area contributed by atoms with Crippen LogP contribution >= 0.6 is 23.4 Å². The number of pyridine rings is 1. The lowest BCUT2D eigenvalue weighted by atomic mass is 10.0. The van der Waals surface area contributed by atoms with Gasteiger partial charge in [-0.05, 0) is 66.3 Å². The fraction of sp³-hybridized carbons (Fsp3) is 0.457. The molecule has 0 unspecified atom stereocenters. The summed E-state index contributed by atoms with van der Waals surface area (Å²) < 4.78 is 80.6. The first-order valence-electron chi connectivity index (χ1n) is 16.5. The Kier molecular flexibility index (Phi) is 14.0. The minimum Gasteiger partial charge on any atom is -0.495 e. The van der Waals surface area contributed by atoms with Crippen molar-refractivity contribution in [3.05, 3.63) is 76.6 Å². The maximum absolute atomic E-state index is 13.4. The molecule has 17 heteroatoms. The third kappa shape index (κ3) is 11.4. The molecular formula is C35H40ClF2N3O9S2. The van der Waals surface area contributed by atoms with Crippen LogP contribution in [0.2, 0.25) is 5.02 Å². The van der Waals surface area contributed by atoms with Crippen molar-refractivity contribution < 1.29 is 50.5 Å². The van der Waals surface area contributed by atoms with Gasteiger partial charge in [0, 0.05) is 50.6 Å². The maximum atomic E-state index is 13.4. The van der Waals surface area contributed by atoms with Crippen molar-refractivity contribution in [2.45, 2.75) is 32.0 Å². The third-order valence-electron chi connectivity index (χ3n) is 8.39. The first-order valence-corrected chi connectivity index (χ1v) is 19.7. The summed E-state index contributed by atoms with van der Waals surface area (Å²) in [5.41, 5.74) is 1.39. The summed E-state index contributed by atoms with van der Waals surface area (Å²) in [6.07, 6.45) is 5.18. The smallest absolute Gasteiger partial charge is 0.387 e. The highest BCUT2D eigenvalue weighted by Gasteiger charge is 2.27. The number of nitrogens with zero attached hydrogens (tertiary/aromatic N) is 3. The van der Waals surface area contributed by atoms with Gasteiger partial charge in [-0.3, -0.25) is 23.8 Å². The Balaban J connectivity index is 1.31. The molecule has 0 N–H and O–H groups in total. The largest absolute Gasteiger partial charge is 0.495 e. The normalized spacial score (nSPS) is 15.6. The Hall–Kier alpha value is -3.70. The summed E-state index contributed by atoms with van der Waals surface area (Å²) in [5, 5.41) is -0.167. The number of ether oxygens (including phenoxy) is 5. The summed E-state index contributed by atoms with van der Waals surface area (Å²) in [4.78, 5) is 32.8. The van der Waals surface area contributed by atoms with Gasteiger partial charge in [-0.1, -0.05) is 29.4 Å². The van der Waals surface area contributed by atoms with E-state index in [4.69, 9.17) is 30.5 Å². The Labute approximate surface area is 310 Å². The summed E-state index contributed by atoms with van der Waals surface area (Å²) in [5.74, 6) is -0.601. The van der Waals surface area contributed by atoms with E-state index in [9.17, 15) is 26.8 Å². The molecule has 0 radical (unpaired) electrons. The van der Waals surface area contributed by atoms with E-state index in [2.05, 4.69) is 14.6 Å². The van der Waals surface area contributed by atoms with Crippen molar-refractivity contribution in [3.8, 4) is 17.2 Å². The lowest BCUT2D eigenvalue weighted by Gasteiger charge is -2.30. The average molecular weight is 784 g/mol. The number of anilines is 1. The summed E-state index contributed by atoms with van der Waals surface area (Å²) >= 11 is 7.06. The highest BCUT2D eigenvalue weighted by molar-refractivity contribution is 8.14. The van der Waals surface area contributed by atoms with Crippen LogP contribution < -0.4 is 18.5 Å². The molecule has 12 nitrogen and oxygen atoms in total. The fourth-order valence-corrected chi connectivity index (χ4v) is 7.17. The number of hydrogen-bond donors (Lipinski definition) is 0. The van der Waals surface area contributed by atoms with Crippen molar-refractivity contribution in [3.63, 3.8) is 0 Å². The summed E-state index contributed by atoms with van der Waals surface area (Å²) in [6.45, 7) is 0.280. The zero-order valence-electron chi connectivity index (χ0n) is 28.7. The SMILES string of the molecule is COc1ccc(C(=O)SCC(=O)O[C@@H](Cc2ccncc2Cl)c2ccc(OC(F)F)c(OCC3CC3)c2)cc1N(CCN1CCOCC1)S(C)(=O)=O. The van der Waals surface area contributed by atoms with E-state index in [0.717, 1.165) is 19.1 Å². The van der Waals surface area contributed by atoms with E-state index >= 15 is 0 Å². The number of hydrogen-bond acceptors (Lipinski definition) is 12. The Morgan fingerprint density at radius 1 is 1.10 bits per heavy atom. The second-order valence-corrected chi connectivity index (χ2v) is 15.5. The van der Waals surface area contributed by atoms with E-state index < -0.39 is 33.8 Å². The molecular weight excluding hydrogens is 744 g/mol. The number of morpholine rings is 1. The number of halogens is 3. The molecule has 1 aromatic heterocycles. The van der Waals surface area contributed by atoms with Gasteiger partial charge in [-0.2, -0.15) is 8.78 Å². The number of sulfonamides is 1. The van der Waals surface area contributed by atoms with Gasteiger partial charge in [0.1, 0.15) is 11.9 Å². The number of alkyl halides is 2. The van der Waals surface area contributed by atoms with Crippen molar-refractivity contribution in [1.82, 2.24) is 9.88 Å². The zero-order valence-corrected chi connectivity index (χ0v) is 31.1. The number of methoxy groups -OCH3 is 1. The maximum Gasteiger partial charge on any atom is 0.387 e. The Bertz CT molecular complexity index is 1810. The van der Waals surface area contributed by atoms with Crippen LogP contribution in [-0.4, -0.2) is 101 Å². The lowest BCUT2D eigenvalue weighted by molar-refractivity contribution is -0.146. The molecule has 1 atom stereocenters. The van der Waals surface area contributed by atoms with Gasteiger partial charge in [0.05, 0.1) is 49.6 Å². The molecule has 52 heavy (non-hydrogen) atoms. The first kappa shape index (κ1) is 39.5. The number of carbonyl (C=O) groups excluding carboxylic acids is 2. The number of benzene rings is 2. The molecule has 1 aliphatic carbocycles. The van der Waals surface area contributed by atoms with E-state index in [-0.39, 0.29) is 47.2 Å². The predicted molar refractivity (Wildman–Crippen MR) is 192 cm³/mol. The van der Waals surface area contributed by atoms with Gasteiger partial charge in [0.15, 0.2) is 11.5 Å². The summed E-state index contributed by atoms with van der Waals surface area (Å²) in [7, 11) is -2.36. The van der Waals surface area contributed by atoms with Gasteiger partial charge in [0.25, 0.3) is 0 Å². The number of aromatic nitrogens is 1. The van der Waals surface area contributed by atoms with Crippen molar-refractivity contribution in [2.24, 2.45) is 5.92 Å². The van der Waals surface area contributed by atoms with Crippen LogP contribution in [-0.2, 0) is 30.7 Å². The van der Waals surface area contributed by atoms with Gasteiger partial charge in [-0.15, -0.1) is 0 Å². The number of carbonyl (C=O) groups is 2. The van der Waals surface area contributed by atoms with E-state index in [0.29, 0.717) is 73.3 Å². The molecule has 0 amide bonds. The van der Waals surface area contributed by atoms with Crippen LogP contribution in [0.1, 0.15) is 40.4 Å². The minimum absolute atomic E-state index is 0.0829.